The van der Waals surface area contributed by atoms with E-state index in [1.807, 2.05) is 4.68 Å². The molecule has 0 amide bonds. The summed E-state index contributed by atoms with van der Waals surface area (Å²) in [6.07, 6.45) is 8.74. The Kier molecular flexibility index (Phi) is 5.76. The van der Waals surface area contributed by atoms with Crippen LogP contribution in [0.2, 0.25) is 0 Å². The van der Waals surface area contributed by atoms with Gasteiger partial charge in [0.15, 0.2) is 5.82 Å². The Morgan fingerprint density at radius 1 is 1.17 bits per heavy atom. The first-order valence-electron chi connectivity index (χ1n) is 12.8. The highest BCUT2D eigenvalue weighted by molar-refractivity contribution is 5.86. The molecular formula is C26H35N7O2. The Morgan fingerprint density at radius 3 is 2.71 bits per heavy atom. The molecule has 2 saturated carbocycles. The summed E-state index contributed by atoms with van der Waals surface area (Å²) in [5.74, 6) is 2.57. The number of hydrogen-bond donors (Lipinski definition) is 3. The van der Waals surface area contributed by atoms with Crippen molar-refractivity contribution in [2.45, 2.75) is 57.7 Å². The van der Waals surface area contributed by atoms with E-state index in [9.17, 15) is 5.11 Å². The fourth-order valence-corrected chi connectivity index (χ4v) is 5.91. The molecule has 0 unspecified atom stereocenters. The average molecular weight is 478 g/mol. The lowest BCUT2D eigenvalue weighted by atomic mass is 9.72. The number of benzene rings is 1. The third-order valence-electron chi connectivity index (χ3n) is 8.10. The Labute approximate surface area is 205 Å². The molecule has 2 aromatic heterocycles. The number of nitrogens with two attached hydrogens (primary N) is 1. The number of aliphatic hydroxyl groups is 1. The van der Waals surface area contributed by atoms with E-state index in [1.54, 1.807) is 13.3 Å². The van der Waals surface area contributed by atoms with E-state index in [-0.39, 0.29) is 12.1 Å². The largest absolute Gasteiger partial charge is 0.496 e. The zero-order chi connectivity index (χ0) is 24.0. The van der Waals surface area contributed by atoms with Gasteiger partial charge in [-0.05, 0) is 61.5 Å². The van der Waals surface area contributed by atoms with E-state index < -0.39 is 0 Å². The normalized spacial score (nSPS) is 20.3. The number of piperidine rings is 1. The zero-order valence-corrected chi connectivity index (χ0v) is 20.4. The number of nitrogens with one attached hydrogen (secondary N) is 1. The summed E-state index contributed by atoms with van der Waals surface area (Å²) in [7, 11) is 1.71. The second-order valence-corrected chi connectivity index (χ2v) is 10.8. The number of methoxy groups -OCH3 is 1. The third kappa shape index (κ3) is 4.67. The molecule has 35 heavy (non-hydrogen) atoms. The molecule has 1 spiro atoms. The highest BCUT2D eigenvalue weighted by atomic mass is 16.5. The topological polar surface area (TPSA) is 114 Å². The van der Waals surface area contributed by atoms with Gasteiger partial charge >= 0.3 is 0 Å². The number of hydrogen-bond acceptors (Lipinski definition) is 8. The number of likely N-dealkylation sites (tertiary alicyclic amines) is 1. The molecule has 2 aliphatic carbocycles. The monoisotopic (exact) mass is 477 g/mol. The van der Waals surface area contributed by atoms with Crippen molar-refractivity contribution < 1.29 is 9.84 Å². The van der Waals surface area contributed by atoms with Gasteiger partial charge in [0, 0.05) is 31.7 Å². The summed E-state index contributed by atoms with van der Waals surface area (Å²) < 4.78 is 7.70. The number of nitrogens with zero attached hydrogens (tertiary/aromatic N) is 5. The predicted octanol–water partition coefficient (Wildman–Crippen LogP) is 3.02. The minimum absolute atomic E-state index is 0.158. The van der Waals surface area contributed by atoms with Crippen LogP contribution in [0.4, 0.5) is 11.8 Å². The lowest BCUT2D eigenvalue weighted by Gasteiger charge is -2.36. The van der Waals surface area contributed by atoms with Gasteiger partial charge < -0.3 is 20.9 Å². The summed E-state index contributed by atoms with van der Waals surface area (Å²) in [4.78, 5) is 11.3. The molecule has 1 aliphatic heterocycles. The highest BCUT2D eigenvalue weighted by Crippen LogP contribution is 2.63. The van der Waals surface area contributed by atoms with Crippen LogP contribution < -0.4 is 15.8 Å². The minimum Gasteiger partial charge on any atom is -0.496 e. The van der Waals surface area contributed by atoms with Crippen molar-refractivity contribution >= 4 is 22.8 Å². The lowest BCUT2D eigenvalue weighted by molar-refractivity contribution is 0.0792. The molecule has 3 fully saturated rings. The Balaban J connectivity index is 1.19. The number of ether oxygens (including phenoxy) is 1. The van der Waals surface area contributed by atoms with Crippen LogP contribution in [0, 0.1) is 11.3 Å². The Bertz CT molecular complexity index is 1210. The van der Waals surface area contributed by atoms with Crippen molar-refractivity contribution in [1.82, 2.24) is 24.6 Å². The van der Waals surface area contributed by atoms with Gasteiger partial charge in [0.1, 0.15) is 16.8 Å². The van der Waals surface area contributed by atoms with Crippen LogP contribution in [-0.4, -0.2) is 62.6 Å². The van der Waals surface area contributed by atoms with Crippen LogP contribution in [0.3, 0.4) is 0 Å². The number of fused-ring (bicyclic) bond motifs is 1. The molecule has 0 atom stereocenters. The first-order chi connectivity index (χ1) is 17.0. The molecule has 3 heterocycles. The van der Waals surface area contributed by atoms with E-state index in [4.69, 9.17) is 10.5 Å². The molecule has 3 aromatic rings. The maximum Gasteiger partial charge on any atom is 0.222 e. The van der Waals surface area contributed by atoms with Crippen molar-refractivity contribution in [3.8, 4) is 5.75 Å². The molecule has 4 N–H and O–H groups in total. The summed E-state index contributed by atoms with van der Waals surface area (Å²) in [5, 5.41) is 17.9. The minimum atomic E-state index is -0.158. The fraction of sp³-hybridized carbons (Fsp3) is 0.577. The fourth-order valence-electron chi connectivity index (χ4n) is 5.91. The predicted molar refractivity (Wildman–Crippen MR) is 135 cm³/mol. The van der Waals surface area contributed by atoms with Crippen LogP contribution in [0.25, 0.3) is 11.0 Å². The Hall–Kier alpha value is -2.91. The second-order valence-electron chi connectivity index (χ2n) is 10.8. The van der Waals surface area contributed by atoms with Crippen molar-refractivity contribution in [1.29, 1.82) is 0 Å². The van der Waals surface area contributed by atoms with Crippen LogP contribution >= 0.6 is 0 Å². The Morgan fingerprint density at radius 2 is 1.97 bits per heavy atom. The standard InChI is InChI=1S/C26H35N7O2/c1-35-22-10-17(15-32-8-4-20(34)5-9-32)2-3-19(22)16-33-23-21(14-29-33)30-25(27)31-24(23)28-13-18-11-26(12-18)6-7-26/h2-3,10,14,18,20,34H,4-9,11-13,15-16H2,1H3,(H3,27,28,30,31). The summed E-state index contributed by atoms with van der Waals surface area (Å²) in [6, 6.07) is 6.39. The van der Waals surface area contributed by atoms with Crippen LogP contribution in [0.5, 0.6) is 5.75 Å². The number of nitrogen functional groups attached to an aromatic ring is 1. The zero-order valence-electron chi connectivity index (χ0n) is 20.4. The molecule has 0 radical (unpaired) electrons. The highest BCUT2D eigenvalue weighted by Gasteiger charge is 2.52. The smallest absolute Gasteiger partial charge is 0.222 e. The molecule has 3 aliphatic rings. The summed E-state index contributed by atoms with van der Waals surface area (Å²) in [6.45, 7) is 4.16. The molecule has 0 bridgehead atoms. The SMILES string of the molecule is COc1cc(CN2CCC(O)CC2)ccc1Cn1ncc2nc(N)nc(NCC3CC4(CC4)C3)c21. The molecule has 6 rings (SSSR count). The van der Waals surface area contributed by atoms with Crippen LogP contribution in [-0.2, 0) is 13.1 Å². The number of aromatic nitrogens is 4. The van der Waals surface area contributed by atoms with Gasteiger partial charge in [-0.1, -0.05) is 12.1 Å². The van der Waals surface area contributed by atoms with Gasteiger partial charge in [-0.3, -0.25) is 9.58 Å². The molecule has 1 saturated heterocycles. The van der Waals surface area contributed by atoms with Gasteiger partial charge in [-0.25, -0.2) is 4.98 Å². The molecule has 9 heteroatoms. The van der Waals surface area contributed by atoms with Gasteiger partial charge in [-0.15, -0.1) is 0 Å². The number of anilines is 2. The van der Waals surface area contributed by atoms with Crippen molar-refractivity contribution in [2.75, 3.05) is 37.8 Å². The van der Waals surface area contributed by atoms with E-state index in [0.29, 0.717) is 17.9 Å². The quantitative estimate of drug-likeness (QED) is 0.454. The van der Waals surface area contributed by atoms with Crippen molar-refractivity contribution in [2.24, 2.45) is 11.3 Å². The van der Waals surface area contributed by atoms with Gasteiger partial charge in [-0.2, -0.15) is 10.1 Å². The molecular weight excluding hydrogens is 442 g/mol. The molecule has 186 valence electrons. The van der Waals surface area contributed by atoms with E-state index in [2.05, 4.69) is 43.5 Å². The van der Waals surface area contributed by atoms with Crippen LogP contribution in [0.15, 0.2) is 24.4 Å². The van der Waals surface area contributed by atoms with Crippen molar-refractivity contribution in [3.05, 3.63) is 35.5 Å². The second kappa shape index (κ2) is 8.95. The summed E-state index contributed by atoms with van der Waals surface area (Å²) in [5.41, 5.74) is 10.6. The molecule has 1 aromatic carbocycles. The molecule has 9 nitrogen and oxygen atoms in total. The van der Waals surface area contributed by atoms with E-state index in [1.165, 1.54) is 31.2 Å². The first-order valence-corrected chi connectivity index (χ1v) is 12.8. The number of rotatable bonds is 8. The first kappa shape index (κ1) is 22.5. The lowest BCUT2D eigenvalue weighted by Crippen LogP contribution is -2.35. The number of aliphatic hydroxyl groups excluding tert-OH is 1. The summed E-state index contributed by atoms with van der Waals surface area (Å²) >= 11 is 0. The van der Waals surface area contributed by atoms with Gasteiger partial charge in [0.2, 0.25) is 5.95 Å². The van der Waals surface area contributed by atoms with E-state index in [0.717, 1.165) is 67.2 Å². The van der Waals surface area contributed by atoms with E-state index >= 15 is 0 Å². The van der Waals surface area contributed by atoms with Gasteiger partial charge in [0.05, 0.1) is 26.0 Å². The third-order valence-corrected chi connectivity index (χ3v) is 8.10. The van der Waals surface area contributed by atoms with Crippen LogP contribution in [0.1, 0.15) is 49.7 Å². The maximum absolute atomic E-state index is 9.77. The van der Waals surface area contributed by atoms with Gasteiger partial charge in [0.25, 0.3) is 0 Å². The average Bonchev–Trinajstić information content (AvgIpc) is 3.54. The van der Waals surface area contributed by atoms with Crippen molar-refractivity contribution in [3.63, 3.8) is 0 Å². The maximum atomic E-state index is 9.77.